The van der Waals surface area contributed by atoms with E-state index in [1.807, 2.05) is 7.05 Å². The van der Waals surface area contributed by atoms with Crippen molar-refractivity contribution in [1.29, 1.82) is 0 Å². The molecule has 0 aromatic carbocycles. The fourth-order valence-corrected chi connectivity index (χ4v) is 3.29. The van der Waals surface area contributed by atoms with E-state index in [4.69, 9.17) is 4.98 Å². The molecule has 1 fully saturated rings. The van der Waals surface area contributed by atoms with Gasteiger partial charge in [-0.2, -0.15) is 11.3 Å². The van der Waals surface area contributed by atoms with E-state index in [0.717, 1.165) is 25.3 Å². The van der Waals surface area contributed by atoms with Crippen LogP contribution >= 0.6 is 11.3 Å². The third-order valence-corrected chi connectivity index (χ3v) is 4.61. The largest absolute Gasteiger partial charge is 0.349 e. The van der Waals surface area contributed by atoms with Crippen molar-refractivity contribution >= 4 is 17.2 Å². The number of hydrogen-bond donors (Lipinski definition) is 1. The summed E-state index contributed by atoms with van der Waals surface area (Å²) in [5.74, 6) is 1.15. The zero-order chi connectivity index (χ0) is 14.7. The van der Waals surface area contributed by atoms with Crippen LogP contribution in [0.3, 0.4) is 0 Å². The second-order valence-electron chi connectivity index (χ2n) is 5.70. The van der Waals surface area contributed by atoms with Crippen molar-refractivity contribution in [1.82, 2.24) is 10.3 Å². The summed E-state index contributed by atoms with van der Waals surface area (Å²) in [6.45, 7) is 4.06. The summed E-state index contributed by atoms with van der Waals surface area (Å²) in [5, 5.41) is 7.65. The summed E-state index contributed by atoms with van der Waals surface area (Å²) < 4.78 is 0. The van der Waals surface area contributed by atoms with Gasteiger partial charge in [0, 0.05) is 24.8 Å². The Labute approximate surface area is 131 Å². The molecule has 2 aromatic rings. The molecule has 0 radical (unpaired) electrons. The summed E-state index contributed by atoms with van der Waals surface area (Å²) in [4.78, 5) is 7.36. The van der Waals surface area contributed by atoms with Gasteiger partial charge in [0.2, 0.25) is 0 Å². The van der Waals surface area contributed by atoms with Crippen LogP contribution in [0.4, 0.5) is 5.82 Å². The van der Waals surface area contributed by atoms with Gasteiger partial charge >= 0.3 is 0 Å². The molecule has 3 nitrogen and oxygen atoms in total. The number of nitrogens with one attached hydrogen (secondary N) is 1. The van der Waals surface area contributed by atoms with E-state index >= 15 is 0 Å². The van der Waals surface area contributed by atoms with Crippen LogP contribution in [0.1, 0.15) is 36.6 Å². The highest BCUT2D eigenvalue weighted by Gasteiger charge is 2.30. The summed E-state index contributed by atoms with van der Waals surface area (Å²) >= 11 is 1.77. The Kier molecular flexibility index (Phi) is 4.56. The molecule has 2 heterocycles. The lowest BCUT2D eigenvalue weighted by atomic mass is 10.1. The number of rotatable bonds is 7. The first kappa shape index (κ1) is 14.5. The first-order valence-electron chi connectivity index (χ1n) is 7.72. The summed E-state index contributed by atoms with van der Waals surface area (Å²) in [5.41, 5.74) is 3.91. The van der Waals surface area contributed by atoms with Gasteiger partial charge in [0.1, 0.15) is 5.82 Å². The molecule has 0 atom stereocenters. The minimum Gasteiger partial charge on any atom is -0.349 e. The molecule has 21 heavy (non-hydrogen) atoms. The van der Waals surface area contributed by atoms with E-state index in [1.165, 1.54) is 29.7 Å². The van der Waals surface area contributed by atoms with E-state index in [-0.39, 0.29) is 0 Å². The quantitative estimate of drug-likeness (QED) is 0.847. The third kappa shape index (κ3) is 3.63. The van der Waals surface area contributed by atoms with E-state index < -0.39 is 0 Å². The molecule has 1 aliphatic rings. The molecule has 0 saturated heterocycles. The fraction of sp³-hybridized carbons (Fsp3) is 0.471. The highest BCUT2D eigenvalue weighted by molar-refractivity contribution is 7.07. The number of pyridine rings is 1. The van der Waals surface area contributed by atoms with Crippen LogP contribution < -0.4 is 10.2 Å². The van der Waals surface area contributed by atoms with Gasteiger partial charge in [-0.25, -0.2) is 4.98 Å². The van der Waals surface area contributed by atoms with Crippen LogP contribution in [0.5, 0.6) is 0 Å². The predicted octanol–water partition coefficient (Wildman–Crippen LogP) is 3.59. The van der Waals surface area contributed by atoms with Crippen molar-refractivity contribution in [2.75, 3.05) is 11.9 Å². The van der Waals surface area contributed by atoms with Crippen LogP contribution in [0.25, 0.3) is 0 Å². The molecule has 3 rings (SSSR count). The Balaban J connectivity index is 1.88. The lowest BCUT2D eigenvalue weighted by Gasteiger charge is -2.24. The third-order valence-electron chi connectivity index (χ3n) is 3.88. The van der Waals surface area contributed by atoms with Crippen molar-refractivity contribution in [3.63, 3.8) is 0 Å². The second kappa shape index (κ2) is 6.58. The van der Waals surface area contributed by atoms with E-state index in [0.29, 0.717) is 6.04 Å². The number of anilines is 1. The van der Waals surface area contributed by atoms with Crippen LogP contribution in [0.15, 0.2) is 29.0 Å². The van der Waals surface area contributed by atoms with Crippen molar-refractivity contribution in [3.05, 3.63) is 45.8 Å². The van der Waals surface area contributed by atoms with Gasteiger partial charge in [-0.15, -0.1) is 0 Å². The number of aryl methyl sites for hydroxylation is 1. The van der Waals surface area contributed by atoms with Crippen molar-refractivity contribution in [3.8, 4) is 0 Å². The molecule has 0 aliphatic heterocycles. The van der Waals surface area contributed by atoms with Gasteiger partial charge in [0.25, 0.3) is 0 Å². The molecular formula is C17H23N3S. The minimum absolute atomic E-state index is 0.673. The molecule has 112 valence electrons. The number of hydrogen-bond acceptors (Lipinski definition) is 4. The smallest absolute Gasteiger partial charge is 0.129 e. The van der Waals surface area contributed by atoms with E-state index in [9.17, 15) is 0 Å². The molecule has 1 aliphatic carbocycles. The SMILES string of the molecule is CCc1cc(CNC)cc(N(Cc2ccsc2)C2CC2)n1. The van der Waals surface area contributed by atoms with Crippen LogP contribution in [-0.4, -0.2) is 18.1 Å². The van der Waals surface area contributed by atoms with Gasteiger partial charge in [0.05, 0.1) is 0 Å². The highest BCUT2D eigenvalue weighted by atomic mass is 32.1. The maximum atomic E-state index is 4.88. The highest BCUT2D eigenvalue weighted by Crippen LogP contribution is 2.33. The van der Waals surface area contributed by atoms with Crippen LogP contribution in [-0.2, 0) is 19.5 Å². The average molecular weight is 301 g/mol. The monoisotopic (exact) mass is 301 g/mol. The van der Waals surface area contributed by atoms with Crippen LogP contribution in [0, 0.1) is 0 Å². The lowest BCUT2D eigenvalue weighted by Crippen LogP contribution is -2.26. The normalized spacial score (nSPS) is 14.4. The standard InChI is InChI=1S/C17H23N3S/c1-3-15-8-14(10-18-2)9-17(19-15)20(16-4-5-16)11-13-6-7-21-12-13/h6-9,12,16,18H,3-5,10-11H2,1-2H3. The molecule has 0 spiro atoms. The molecule has 2 aromatic heterocycles. The summed E-state index contributed by atoms with van der Waals surface area (Å²) in [6.07, 6.45) is 3.58. The van der Waals surface area contributed by atoms with E-state index in [1.54, 1.807) is 11.3 Å². The zero-order valence-electron chi connectivity index (χ0n) is 12.8. The summed E-state index contributed by atoms with van der Waals surface area (Å²) in [7, 11) is 2.00. The van der Waals surface area contributed by atoms with Gasteiger partial charge < -0.3 is 10.2 Å². The molecule has 0 amide bonds. The van der Waals surface area contributed by atoms with Crippen molar-refractivity contribution in [2.45, 2.75) is 45.3 Å². The maximum Gasteiger partial charge on any atom is 0.129 e. The van der Waals surface area contributed by atoms with Crippen molar-refractivity contribution < 1.29 is 0 Å². The average Bonchev–Trinajstić information content (AvgIpc) is 3.21. The Bertz CT molecular complexity index is 576. The molecular weight excluding hydrogens is 278 g/mol. The summed E-state index contributed by atoms with van der Waals surface area (Å²) in [6, 6.07) is 7.36. The Hall–Kier alpha value is -1.39. The number of aromatic nitrogens is 1. The molecule has 4 heteroatoms. The Morgan fingerprint density at radius 3 is 2.81 bits per heavy atom. The topological polar surface area (TPSA) is 28.2 Å². The van der Waals surface area contributed by atoms with Gasteiger partial charge in [0.15, 0.2) is 0 Å². The molecule has 0 unspecified atom stereocenters. The van der Waals surface area contributed by atoms with Crippen molar-refractivity contribution in [2.24, 2.45) is 0 Å². The van der Waals surface area contributed by atoms with Gasteiger partial charge in [-0.05, 0) is 66.4 Å². The first-order chi connectivity index (χ1) is 10.3. The van der Waals surface area contributed by atoms with Crippen LogP contribution in [0.2, 0.25) is 0 Å². The molecule has 1 N–H and O–H groups in total. The number of nitrogens with zero attached hydrogens (tertiary/aromatic N) is 2. The molecule has 1 saturated carbocycles. The lowest BCUT2D eigenvalue weighted by molar-refractivity contribution is 0.764. The second-order valence-corrected chi connectivity index (χ2v) is 6.48. The Morgan fingerprint density at radius 2 is 2.19 bits per heavy atom. The minimum atomic E-state index is 0.673. The molecule has 0 bridgehead atoms. The zero-order valence-corrected chi connectivity index (χ0v) is 13.6. The van der Waals surface area contributed by atoms with E-state index in [2.05, 4.69) is 46.1 Å². The maximum absolute atomic E-state index is 4.88. The Morgan fingerprint density at radius 1 is 1.33 bits per heavy atom. The predicted molar refractivity (Wildman–Crippen MR) is 89.9 cm³/mol. The fourth-order valence-electron chi connectivity index (χ4n) is 2.63. The number of thiophene rings is 1. The van der Waals surface area contributed by atoms with Gasteiger partial charge in [-0.3, -0.25) is 0 Å². The van der Waals surface area contributed by atoms with Gasteiger partial charge in [-0.1, -0.05) is 6.92 Å². The first-order valence-corrected chi connectivity index (χ1v) is 8.66.